The minimum Gasteiger partial charge on any atom is -0.508 e. The van der Waals surface area contributed by atoms with Crippen LogP contribution >= 0.6 is 18.1 Å². The Labute approximate surface area is 314 Å². The summed E-state index contributed by atoms with van der Waals surface area (Å²) in [7, 11) is -0.0988. The molecule has 0 aliphatic heterocycles. The van der Waals surface area contributed by atoms with Crippen molar-refractivity contribution in [2.75, 3.05) is 0 Å². The summed E-state index contributed by atoms with van der Waals surface area (Å²) >= 11 is 0. The number of hydrogen-bond acceptors (Lipinski definition) is 6. The molecule has 6 aromatic carbocycles. The molecule has 0 saturated carbocycles. The molecule has 0 spiro atoms. The summed E-state index contributed by atoms with van der Waals surface area (Å²) in [5.41, 5.74) is 2.17. The zero-order valence-electron chi connectivity index (χ0n) is 30.9. The van der Waals surface area contributed by atoms with Crippen LogP contribution in [0.1, 0.15) is 59.1 Å². The normalized spacial score (nSPS) is 9.96. The lowest BCUT2D eigenvalue weighted by atomic mass is 9.78. The van der Waals surface area contributed by atoms with Gasteiger partial charge >= 0.3 is 0 Å². The maximum absolute atomic E-state index is 9.47. The Kier molecular flexibility index (Phi) is 21.5. The van der Waals surface area contributed by atoms with E-state index >= 15 is 0 Å². The number of phenolic OH excluding ortho intramolecular Hbond substituents is 2. The molecule has 52 heavy (non-hydrogen) atoms. The van der Waals surface area contributed by atoms with Crippen LogP contribution < -0.4 is 18.1 Å². The Balaban J connectivity index is 0.000000291. The zero-order valence-corrected chi connectivity index (χ0v) is 32.9. The third-order valence-electron chi connectivity index (χ3n) is 6.79. The van der Waals surface area contributed by atoms with Crippen molar-refractivity contribution in [2.24, 2.45) is 0 Å². The third-order valence-corrected chi connectivity index (χ3v) is 8.07. The Hall–Kier alpha value is -5.02. The average molecular weight is 739 g/mol. The minimum absolute atomic E-state index is 0.0129. The van der Waals surface area contributed by atoms with Gasteiger partial charge in [0.05, 0.1) is 0 Å². The summed E-state index contributed by atoms with van der Waals surface area (Å²) in [6, 6.07) is 53.0. The highest BCUT2D eigenvalue weighted by molar-refractivity contribution is 7.27. The van der Waals surface area contributed by atoms with Gasteiger partial charge in [-0.1, -0.05) is 145 Å². The van der Waals surface area contributed by atoms with Gasteiger partial charge in [-0.2, -0.15) is 0 Å². The average Bonchev–Trinajstić information content (AvgIpc) is 3.18. The monoisotopic (exact) mass is 738 g/mol. The van der Waals surface area contributed by atoms with Crippen molar-refractivity contribution in [3.63, 3.8) is 0 Å². The Morgan fingerprint density at radius 2 is 0.654 bits per heavy atom. The second-order valence-corrected chi connectivity index (χ2v) is 12.4. The third kappa shape index (κ3) is 17.3. The van der Waals surface area contributed by atoms with Crippen LogP contribution in [-0.4, -0.2) is 10.2 Å². The highest BCUT2D eigenvalue weighted by Gasteiger charge is 2.23. The molecular weight excluding hydrogens is 686 g/mol. The van der Waals surface area contributed by atoms with Gasteiger partial charge in [-0.3, -0.25) is 0 Å². The van der Waals surface area contributed by atoms with Crippen molar-refractivity contribution in [3.8, 4) is 34.5 Å². The predicted octanol–water partition coefficient (Wildman–Crippen LogP) is 13.2. The van der Waals surface area contributed by atoms with E-state index in [1.807, 2.05) is 135 Å². The first-order valence-corrected chi connectivity index (χ1v) is 18.9. The molecule has 0 aromatic heterocycles. The van der Waals surface area contributed by atoms with Gasteiger partial charge in [-0.15, -0.1) is 0 Å². The van der Waals surface area contributed by atoms with Crippen LogP contribution in [0.2, 0.25) is 0 Å². The van der Waals surface area contributed by atoms with Crippen molar-refractivity contribution in [3.05, 3.63) is 181 Å². The number of hydrogen-bond donors (Lipinski definition) is 2. The molecule has 6 aromatic rings. The summed E-state index contributed by atoms with van der Waals surface area (Å²) < 4.78 is 22.1. The molecule has 1 atom stereocenters. The van der Waals surface area contributed by atoms with Gasteiger partial charge in [0.1, 0.15) is 34.5 Å². The first kappa shape index (κ1) is 43.1. The maximum atomic E-state index is 9.47. The topological polar surface area (TPSA) is 77.4 Å². The zero-order chi connectivity index (χ0) is 37.9. The van der Waals surface area contributed by atoms with Crippen LogP contribution in [0.5, 0.6) is 34.5 Å². The summed E-state index contributed by atoms with van der Waals surface area (Å²) in [5, 5.41) is 18.1. The molecule has 2 N–H and O–H groups in total. The van der Waals surface area contributed by atoms with Crippen molar-refractivity contribution in [1.29, 1.82) is 0 Å². The van der Waals surface area contributed by atoms with E-state index in [1.165, 1.54) is 12.0 Å². The Morgan fingerprint density at radius 1 is 0.404 bits per heavy atom. The van der Waals surface area contributed by atoms with Gasteiger partial charge in [0.25, 0.3) is 18.1 Å². The number of phenols is 2. The Morgan fingerprint density at radius 3 is 0.942 bits per heavy atom. The van der Waals surface area contributed by atoms with Crippen molar-refractivity contribution in [2.45, 2.75) is 53.4 Å². The van der Waals surface area contributed by atoms with Crippen LogP contribution in [0.4, 0.5) is 0 Å². The van der Waals surface area contributed by atoms with Gasteiger partial charge in [-0.05, 0) is 83.9 Å². The van der Waals surface area contributed by atoms with Crippen molar-refractivity contribution >= 4 is 18.1 Å². The van der Waals surface area contributed by atoms with Gasteiger partial charge in [0.15, 0.2) is 0 Å². The lowest BCUT2D eigenvalue weighted by molar-refractivity contribution is 0.474. The first-order valence-electron chi connectivity index (χ1n) is 17.3. The van der Waals surface area contributed by atoms with Crippen LogP contribution in [0.25, 0.3) is 0 Å². The van der Waals surface area contributed by atoms with Gasteiger partial charge in [0, 0.05) is 5.41 Å². The lowest BCUT2D eigenvalue weighted by Crippen LogP contribution is -2.18. The smallest absolute Gasteiger partial charge is 0.275 e. The van der Waals surface area contributed by atoms with E-state index in [1.54, 1.807) is 36.4 Å². The number of aromatic hydroxyl groups is 2. The van der Waals surface area contributed by atoms with Crippen LogP contribution in [0, 0.1) is 0 Å². The van der Waals surface area contributed by atoms with Crippen LogP contribution in [-0.2, 0) is 5.41 Å². The van der Waals surface area contributed by atoms with Gasteiger partial charge < -0.3 is 28.3 Å². The number of rotatable bonds is 10. The van der Waals surface area contributed by atoms with E-state index in [2.05, 4.69) is 39.8 Å². The van der Waals surface area contributed by atoms with E-state index in [-0.39, 0.29) is 29.2 Å². The second-order valence-electron chi connectivity index (χ2n) is 11.3. The highest BCUT2D eigenvalue weighted by Crippen LogP contribution is 2.34. The molecule has 0 aliphatic carbocycles. The molecule has 0 aliphatic rings. The second kappa shape index (κ2) is 25.9. The molecule has 0 heterocycles. The SMILES string of the molecule is CC.CC(C)(c1ccc(O)cc1)c1ccc(OPOc2ccccc2)cc1.CCC.Oc1ccccc1.c1ccc(OPOc2ccccc2)cc1. The minimum atomic E-state index is -0.158. The van der Waals surface area contributed by atoms with Crippen LogP contribution in [0.15, 0.2) is 170 Å². The summed E-state index contributed by atoms with van der Waals surface area (Å²) in [6.45, 7) is 12.6. The molecule has 0 fully saturated rings. The van der Waals surface area contributed by atoms with Crippen molar-refractivity contribution < 1.29 is 28.3 Å². The Bertz CT molecular complexity index is 1670. The van der Waals surface area contributed by atoms with Crippen molar-refractivity contribution in [1.82, 2.24) is 0 Å². The van der Waals surface area contributed by atoms with Crippen LogP contribution in [0.3, 0.4) is 0 Å². The fourth-order valence-electron chi connectivity index (χ4n) is 4.11. The standard InChI is InChI=1S/C21H21O3P.C12H11O2P.C6H6O.C3H8.C2H6/c1-21(2,16-8-12-18(22)13-9-16)17-10-14-20(15-11-17)24-25-23-19-6-4-3-5-7-19;1-3-7-11(8-4-1)13-15-14-12-9-5-2-6-10-12;7-6-4-2-1-3-5-6;1-3-2;1-2/h3-15,22,25H,1-2H3;1-10,15H;1-5,7H;3H2,1-2H3;1-2H3. The fraction of sp³-hybridized carbons (Fsp3) is 0.182. The van der Waals surface area contributed by atoms with E-state index < -0.39 is 0 Å². The van der Waals surface area contributed by atoms with E-state index in [9.17, 15) is 5.11 Å². The number of para-hydroxylation sites is 4. The molecule has 0 amide bonds. The molecule has 274 valence electrons. The molecule has 0 radical (unpaired) electrons. The number of benzene rings is 6. The first-order chi connectivity index (χ1) is 25.3. The van der Waals surface area contributed by atoms with E-state index in [4.69, 9.17) is 23.2 Å². The summed E-state index contributed by atoms with van der Waals surface area (Å²) in [4.78, 5) is 0. The molecule has 1 unspecified atom stereocenters. The predicted molar refractivity (Wildman–Crippen MR) is 221 cm³/mol. The van der Waals surface area contributed by atoms with E-state index in [0.29, 0.717) is 5.75 Å². The lowest BCUT2D eigenvalue weighted by Gasteiger charge is -2.26. The quantitative estimate of drug-likeness (QED) is 0.136. The summed E-state index contributed by atoms with van der Waals surface area (Å²) in [5.74, 6) is 3.83. The fourth-order valence-corrected chi connectivity index (χ4v) is 5.12. The molecule has 0 saturated heterocycles. The largest absolute Gasteiger partial charge is 0.508 e. The van der Waals surface area contributed by atoms with Gasteiger partial charge in [-0.25, -0.2) is 0 Å². The van der Waals surface area contributed by atoms with Gasteiger partial charge in [0.2, 0.25) is 0 Å². The maximum Gasteiger partial charge on any atom is 0.275 e. The summed E-state index contributed by atoms with van der Waals surface area (Å²) in [6.07, 6.45) is 1.25. The van der Waals surface area contributed by atoms with E-state index in [0.717, 1.165) is 28.6 Å². The highest BCUT2D eigenvalue weighted by atomic mass is 31.1. The molecule has 0 bridgehead atoms. The molecule has 6 nitrogen and oxygen atoms in total. The molecular formula is C44H52O6P2. The molecule has 6 rings (SSSR count). The molecule has 8 heteroatoms.